The van der Waals surface area contributed by atoms with Crippen LogP contribution < -0.4 is 9.64 Å². The lowest BCUT2D eigenvalue weighted by atomic mass is 10.2. The molecule has 2 aliphatic rings. The third kappa shape index (κ3) is 3.51. The fourth-order valence-corrected chi connectivity index (χ4v) is 3.44. The number of anilines is 1. The van der Waals surface area contributed by atoms with Gasteiger partial charge in [0, 0.05) is 32.2 Å². The number of rotatable bonds is 5. The van der Waals surface area contributed by atoms with E-state index in [1.54, 1.807) is 25.9 Å². The number of nitrogens with zero attached hydrogens (tertiary/aromatic N) is 4. The highest BCUT2D eigenvalue weighted by Crippen LogP contribution is 2.28. The lowest BCUT2D eigenvalue weighted by Crippen LogP contribution is -2.52. The molecule has 9 heteroatoms. The molecule has 0 spiro atoms. The monoisotopic (exact) mass is 388 g/mol. The van der Waals surface area contributed by atoms with Crippen molar-refractivity contribution in [2.45, 2.75) is 19.9 Å². The van der Waals surface area contributed by atoms with Crippen LogP contribution in [0.5, 0.6) is 5.75 Å². The zero-order valence-corrected chi connectivity index (χ0v) is 16.3. The number of hydrogen-bond acceptors (Lipinski definition) is 6. The number of piperazine rings is 1. The smallest absolute Gasteiger partial charge is 0.334 e. The van der Waals surface area contributed by atoms with Gasteiger partial charge in [-0.3, -0.25) is 19.3 Å². The first-order valence-corrected chi connectivity index (χ1v) is 9.20. The van der Waals surface area contributed by atoms with Crippen molar-refractivity contribution in [2.24, 2.45) is 0 Å². The Morgan fingerprint density at radius 2 is 1.68 bits per heavy atom. The van der Waals surface area contributed by atoms with Gasteiger partial charge in [-0.25, -0.2) is 9.69 Å². The lowest BCUT2D eigenvalue weighted by molar-refractivity contribution is -0.145. The molecule has 1 aromatic rings. The molecule has 0 bridgehead atoms. The molecule has 2 fully saturated rings. The number of imide groups is 2. The zero-order valence-electron chi connectivity index (χ0n) is 16.3. The molecule has 2 heterocycles. The molecule has 0 aromatic heterocycles. The number of carbonyl (C=O) groups is 4. The summed E-state index contributed by atoms with van der Waals surface area (Å²) in [5, 5.41) is 0. The predicted octanol–water partition coefficient (Wildman–Crippen LogP) is 0.543. The van der Waals surface area contributed by atoms with E-state index in [9.17, 15) is 19.2 Å². The van der Waals surface area contributed by atoms with Crippen LogP contribution in [0.4, 0.5) is 10.5 Å². The van der Waals surface area contributed by atoms with E-state index in [-0.39, 0.29) is 5.91 Å². The molecule has 2 saturated heterocycles. The summed E-state index contributed by atoms with van der Waals surface area (Å²) in [5.41, 5.74) is 0.958. The van der Waals surface area contributed by atoms with Crippen LogP contribution in [-0.4, -0.2) is 84.3 Å². The van der Waals surface area contributed by atoms with Crippen LogP contribution >= 0.6 is 0 Å². The van der Waals surface area contributed by atoms with Gasteiger partial charge in [-0.1, -0.05) is 12.1 Å². The first-order valence-electron chi connectivity index (χ1n) is 9.20. The number of carbonyl (C=O) groups excluding carboxylic acids is 4. The number of para-hydroxylation sites is 2. The summed E-state index contributed by atoms with van der Waals surface area (Å²) < 4.78 is 5.38. The molecule has 0 N–H and O–H groups in total. The van der Waals surface area contributed by atoms with Gasteiger partial charge in [0.05, 0.1) is 12.8 Å². The van der Waals surface area contributed by atoms with E-state index in [0.29, 0.717) is 26.2 Å². The fraction of sp³-hybridized carbons (Fsp3) is 0.474. The maximum atomic E-state index is 12.6. The summed E-state index contributed by atoms with van der Waals surface area (Å²) in [4.78, 5) is 54.3. The van der Waals surface area contributed by atoms with E-state index >= 15 is 0 Å². The van der Waals surface area contributed by atoms with Gasteiger partial charge in [0.2, 0.25) is 5.91 Å². The van der Waals surface area contributed by atoms with Crippen LogP contribution in [0, 0.1) is 0 Å². The standard InChI is InChI=1S/C19H24N4O5/c1-13(2)23-18(26)17(25)22(19(23)27)12-16(24)21-10-8-20(9-11-21)14-6-4-5-7-15(14)28-3/h4-7,13H,8-12H2,1-3H3. The summed E-state index contributed by atoms with van der Waals surface area (Å²) in [6, 6.07) is 6.50. The number of amides is 5. The van der Waals surface area contributed by atoms with Crippen LogP contribution in [-0.2, 0) is 14.4 Å². The van der Waals surface area contributed by atoms with Gasteiger partial charge < -0.3 is 14.5 Å². The molecule has 0 saturated carbocycles. The molecule has 9 nitrogen and oxygen atoms in total. The molecule has 0 aliphatic carbocycles. The second kappa shape index (κ2) is 7.87. The number of hydrogen-bond donors (Lipinski definition) is 0. The Kier molecular flexibility index (Phi) is 5.53. The second-order valence-corrected chi connectivity index (χ2v) is 6.98. The summed E-state index contributed by atoms with van der Waals surface area (Å²) >= 11 is 0. The Hall–Kier alpha value is -3.10. The average molecular weight is 388 g/mol. The van der Waals surface area contributed by atoms with E-state index in [1.165, 1.54) is 0 Å². The number of ether oxygens (including phenoxy) is 1. The summed E-state index contributed by atoms with van der Waals surface area (Å²) in [5.74, 6) is -1.41. The van der Waals surface area contributed by atoms with Gasteiger partial charge in [-0.15, -0.1) is 0 Å². The summed E-state index contributed by atoms with van der Waals surface area (Å²) in [6.45, 7) is 4.98. The minimum Gasteiger partial charge on any atom is -0.495 e. The number of methoxy groups -OCH3 is 1. The lowest BCUT2D eigenvalue weighted by Gasteiger charge is -2.37. The highest BCUT2D eigenvalue weighted by molar-refractivity contribution is 6.45. The maximum Gasteiger partial charge on any atom is 0.334 e. The molecule has 28 heavy (non-hydrogen) atoms. The normalized spacial score (nSPS) is 17.8. The van der Waals surface area contributed by atoms with Crippen molar-refractivity contribution in [3.05, 3.63) is 24.3 Å². The van der Waals surface area contributed by atoms with Gasteiger partial charge in [-0.05, 0) is 26.0 Å². The predicted molar refractivity (Wildman–Crippen MR) is 101 cm³/mol. The molecule has 1 aromatic carbocycles. The Bertz CT molecular complexity index is 801. The van der Waals surface area contributed by atoms with Crippen molar-refractivity contribution in [3.63, 3.8) is 0 Å². The highest BCUT2D eigenvalue weighted by Gasteiger charge is 2.46. The van der Waals surface area contributed by atoms with Gasteiger partial charge >= 0.3 is 17.8 Å². The van der Waals surface area contributed by atoms with Gasteiger partial charge in [0.15, 0.2) is 0 Å². The third-order valence-electron chi connectivity index (χ3n) is 4.95. The molecule has 3 rings (SSSR count). The number of benzene rings is 1. The minimum atomic E-state index is -0.945. The largest absolute Gasteiger partial charge is 0.495 e. The Morgan fingerprint density at radius 1 is 1.04 bits per heavy atom. The Labute approximate surface area is 163 Å². The SMILES string of the molecule is COc1ccccc1N1CCN(C(=O)CN2C(=O)C(=O)N(C(C)C)C2=O)CC1. The van der Waals surface area contributed by atoms with E-state index < -0.39 is 30.4 Å². The van der Waals surface area contributed by atoms with E-state index in [1.807, 2.05) is 24.3 Å². The summed E-state index contributed by atoms with van der Waals surface area (Å²) in [6.07, 6.45) is 0. The van der Waals surface area contributed by atoms with Crippen LogP contribution in [0.15, 0.2) is 24.3 Å². The molecule has 150 valence electrons. The van der Waals surface area contributed by atoms with Crippen LogP contribution in [0.25, 0.3) is 0 Å². The van der Waals surface area contributed by atoms with Crippen molar-refractivity contribution in [3.8, 4) is 5.75 Å². The van der Waals surface area contributed by atoms with Crippen LogP contribution in [0.3, 0.4) is 0 Å². The molecule has 0 atom stereocenters. The van der Waals surface area contributed by atoms with Gasteiger partial charge in [0.25, 0.3) is 0 Å². The van der Waals surface area contributed by atoms with Crippen molar-refractivity contribution in [1.29, 1.82) is 0 Å². The molecule has 0 unspecified atom stereocenters. The Morgan fingerprint density at radius 3 is 2.25 bits per heavy atom. The molecular formula is C19H24N4O5. The van der Waals surface area contributed by atoms with Crippen LogP contribution in [0.1, 0.15) is 13.8 Å². The average Bonchev–Trinajstić information content (AvgIpc) is 2.91. The van der Waals surface area contributed by atoms with Crippen molar-refractivity contribution in [1.82, 2.24) is 14.7 Å². The second-order valence-electron chi connectivity index (χ2n) is 6.98. The number of urea groups is 1. The highest BCUT2D eigenvalue weighted by atomic mass is 16.5. The van der Waals surface area contributed by atoms with Crippen LogP contribution in [0.2, 0.25) is 0 Å². The first-order chi connectivity index (χ1) is 13.3. The van der Waals surface area contributed by atoms with Gasteiger partial charge in [0.1, 0.15) is 12.3 Å². The van der Waals surface area contributed by atoms with Gasteiger partial charge in [-0.2, -0.15) is 0 Å². The van der Waals surface area contributed by atoms with E-state index in [2.05, 4.69) is 4.90 Å². The molecule has 2 aliphatic heterocycles. The van der Waals surface area contributed by atoms with Crippen molar-refractivity contribution in [2.75, 3.05) is 44.7 Å². The Balaban J connectivity index is 1.61. The topological polar surface area (TPSA) is 90.5 Å². The van der Waals surface area contributed by atoms with E-state index in [0.717, 1.165) is 21.2 Å². The van der Waals surface area contributed by atoms with Crippen molar-refractivity contribution >= 4 is 29.4 Å². The molecule has 5 amide bonds. The summed E-state index contributed by atoms with van der Waals surface area (Å²) in [7, 11) is 1.62. The van der Waals surface area contributed by atoms with Crippen molar-refractivity contribution < 1.29 is 23.9 Å². The zero-order chi connectivity index (χ0) is 20.4. The molecular weight excluding hydrogens is 364 g/mol. The molecule has 0 radical (unpaired) electrons. The minimum absolute atomic E-state index is 0.347. The quantitative estimate of drug-likeness (QED) is 0.540. The third-order valence-corrected chi connectivity index (χ3v) is 4.95. The maximum absolute atomic E-state index is 12.6. The first kappa shape index (κ1) is 19.7. The fourth-order valence-electron chi connectivity index (χ4n) is 3.44. The van der Waals surface area contributed by atoms with E-state index in [4.69, 9.17) is 4.74 Å².